The molecular formula is C28H36Cl2F2N4O. The van der Waals surface area contributed by atoms with Crippen LogP contribution in [0.1, 0.15) is 55.6 Å². The van der Waals surface area contributed by atoms with Gasteiger partial charge in [-0.1, -0.05) is 41.8 Å². The molecule has 1 atom stereocenters. The third kappa shape index (κ3) is 8.28. The van der Waals surface area contributed by atoms with Gasteiger partial charge >= 0.3 is 6.03 Å². The highest BCUT2D eigenvalue weighted by Gasteiger charge is 2.26. The van der Waals surface area contributed by atoms with Crippen LogP contribution in [-0.4, -0.2) is 61.1 Å². The van der Waals surface area contributed by atoms with E-state index in [9.17, 15) is 13.6 Å². The molecular weight excluding hydrogens is 517 g/mol. The number of hydrogen-bond acceptors (Lipinski definition) is 3. The van der Waals surface area contributed by atoms with E-state index in [2.05, 4.69) is 20.4 Å². The van der Waals surface area contributed by atoms with Gasteiger partial charge in [-0.15, -0.1) is 0 Å². The van der Waals surface area contributed by atoms with E-state index in [1.807, 2.05) is 12.1 Å². The molecule has 202 valence electrons. The Bertz CT molecular complexity index is 1040. The molecule has 2 aromatic carbocycles. The Labute approximate surface area is 228 Å². The second-order valence-corrected chi connectivity index (χ2v) is 11.0. The van der Waals surface area contributed by atoms with E-state index in [0.717, 1.165) is 43.8 Å². The molecule has 2 saturated heterocycles. The molecule has 5 nitrogen and oxygen atoms in total. The standard InChI is InChI=1S/C28H36Cl2F2N4O/c29-24-6-5-21(17-25(24)30)22(19-34-28(37)33-18-20-4-7-26(31)27(32)16-20)8-13-35-14-9-23(10-15-35)36-11-2-1-3-12-36/h4-7,16-17,22-23H,1-3,8-15,18-19H2,(H2,33,34,37). The van der Waals surface area contributed by atoms with Crippen LogP contribution in [0.2, 0.25) is 10.0 Å². The average Bonchev–Trinajstić information content (AvgIpc) is 2.92. The SMILES string of the molecule is O=C(NCc1ccc(F)c(F)c1)NCC(CCN1CCC(N2CCCCC2)CC1)c1ccc(Cl)c(Cl)c1. The molecule has 2 fully saturated rings. The van der Waals surface area contributed by atoms with Gasteiger partial charge < -0.3 is 20.4 Å². The van der Waals surface area contributed by atoms with Crippen LogP contribution in [0.3, 0.4) is 0 Å². The Kier molecular flexibility index (Phi) is 10.4. The van der Waals surface area contributed by atoms with Gasteiger partial charge in [-0.05, 0) is 100 Å². The van der Waals surface area contributed by atoms with Crippen molar-refractivity contribution < 1.29 is 13.6 Å². The van der Waals surface area contributed by atoms with Gasteiger partial charge in [0, 0.05) is 25.0 Å². The lowest BCUT2D eigenvalue weighted by Gasteiger charge is -2.40. The normalized spacial score (nSPS) is 18.5. The Morgan fingerprint density at radius 3 is 2.38 bits per heavy atom. The molecule has 1 unspecified atom stereocenters. The fourth-order valence-corrected chi connectivity index (χ4v) is 5.70. The number of carbonyl (C=O) groups excluding carboxylic acids is 1. The third-order valence-electron chi connectivity index (χ3n) is 7.62. The van der Waals surface area contributed by atoms with Crippen LogP contribution in [0.4, 0.5) is 13.6 Å². The number of urea groups is 1. The number of halogens is 4. The second kappa shape index (κ2) is 13.7. The summed E-state index contributed by atoms with van der Waals surface area (Å²) in [5, 5.41) is 6.64. The van der Waals surface area contributed by atoms with E-state index < -0.39 is 11.6 Å². The van der Waals surface area contributed by atoms with Gasteiger partial charge in [0.15, 0.2) is 11.6 Å². The highest BCUT2D eigenvalue weighted by atomic mass is 35.5. The quantitative estimate of drug-likeness (QED) is 0.389. The van der Waals surface area contributed by atoms with Crippen LogP contribution >= 0.6 is 23.2 Å². The number of nitrogens with one attached hydrogen (secondary N) is 2. The molecule has 0 saturated carbocycles. The molecule has 0 radical (unpaired) electrons. The Morgan fingerprint density at radius 2 is 1.68 bits per heavy atom. The summed E-state index contributed by atoms with van der Waals surface area (Å²) in [7, 11) is 0. The number of likely N-dealkylation sites (tertiary alicyclic amines) is 2. The molecule has 4 rings (SSSR count). The second-order valence-electron chi connectivity index (χ2n) is 10.1. The number of amides is 2. The van der Waals surface area contributed by atoms with Gasteiger partial charge in [-0.2, -0.15) is 0 Å². The zero-order valence-electron chi connectivity index (χ0n) is 21.1. The van der Waals surface area contributed by atoms with Gasteiger partial charge in [0.25, 0.3) is 0 Å². The molecule has 0 spiro atoms. The van der Waals surface area contributed by atoms with Crippen molar-refractivity contribution in [3.8, 4) is 0 Å². The van der Waals surface area contributed by atoms with Gasteiger partial charge in [-0.3, -0.25) is 0 Å². The van der Waals surface area contributed by atoms with Crippen molar-refractivity contribution in [1.82, 2.24) is 20.4 Å². The van der Waals surface area contributed by atoms with E-state index >= 15 is 0 Å². The molecule has 2 amide bonds. The van der Waals surface area contributed by atoms with E-state index in [0.29, 0.717) is 28.2 Å². The van der Waals surface area contributed by atoms with Crippen molar-refractivity contribution in [3.63, 3.8) is 0 Å². The van der Waals surface area contributed by atoms with Gasteiger partial charge in [0.2, 0.25) is 0 Å². The molecule has 2 heterocycles. The largest absolute Gasteiger partial charge is 0.338 e. The smallest absolute Gasteiger partial charge is 0.315 e. The van der Waals surface area contributed by atoms with Crippen LogP contribution in [0.15, 0.2) is 36.4 Å². The first-order valence-electron chi connectivity index (χ1n) is 13.3. The summed E-state index contributed by atoms with van der Waals surface area (Å²) in [5.74, 6) is -1.78. The molecule has 0 aromatic heterocycles. The first-order valence-corrected chi connectivity index (χ1v) is 14.0. The van der Waals surface area contributed by atoms with E-state index in [-0.39, 0.29) is 18.5 Å². The Morgan fingerprint density at radius 1 is 0.919 bits per heavy atom. The molecule has 2 aliphatic rings. The Balaban J connectivity index is 1.29. The van der Waals surface area contributed by atoms with E-state index in [4.69, 9.17) is 23.2 Å². The van der Waals surface area contributed by atoms with E-state index in [1.54, 1.807) is 6.07 Å². The fourth-order valence-electron chi connectivity index (χ4n) is 5.39. The highest BCUT2D eigenvalue weighted by Crippen LogP contribution is 2.29. The topological polar surface area (TPSA) is 47.6 Å². The first kappa shape index (κ1) is 28.1. The van der Waals surface area contributed by atoms with Crippen LogP contribution < -0.4 is 10.6 Å². The lowest BCUT2D eigenvalue weighted by molar-refractivity contribution is 0.0912. The number of hydrogen-bond donors (Lipinski definition) is 2. The van der Waals surface area contributed by atoms with Gasteiger partial charge in [0.1, 0.15) is 0 Å². The molecule has 37 heavy (non-hydrogen) atoms. The highest BCUT2D eigenvalue weighted by molar-refractivity contribution is 6.42. The van der Waals surface area contributed by atoms with Crippen molar-refractivity contribution >= 4 is 29.2 Å². The predicted octanol–water partition coefficient (Wildman–Crippen LogP) is 6.20. The predicted molar refractivity (Wildman–Crippen MR) is 145 cm³/mol. The summed E-state index contributed by atoms with van der Waals surface area (Å²) >= 11 is 12.4. The van der Waals surface area contributed by atoms with Crippen LogP contribution in [0, 0.1) is 11.6 Å². The summed E-state index contributed by atoms with van der Waals surface area (Å²) in [5.41, 5.74) is 1.52. The van der Waals surface area contributed by atoms with Gasteiger partial charge in [0.05, 0.1) is 10.0 Å². The van der Waals surface area contributed by atoms with Gasteiger partial charge in [-0.25, -0.2) is 13.6 Å². The molecule has 0 aliphatic carbocycles. The lowest BCUT2D eigenvalue weighted by Crippen LogP contribution is -2.47. The zero-order valence-corrected chi connectivity index (χ0v) is 22.6. The van der Waals surface area contributed by atoms with Crippen LogP contribution in [-0.2, 0) is 6.54 Å². The minimum atomic E-state index is -0.931. The minimum absolute atomic E-state index is 0.0589. The fraction of sp³-hybridized carbons (Fsp3) is 0.536. The maximum absolute atomic E-state index is 13.4. The molecule has 9 heteroatoms. The van der Waals surface area contributed by atoms with E-state index in [1.165, 1.54) is 51.3 Å². The average molecular weight is 554 g/mol. The van der Waals surface area contributed by atoms with Crippen molar-refractivity contribution in [2.24, 2.45) is 0 Å². The first-order chi connectivity index (χ1) is 17.9. The van der Waals surface area contributed by atoms with Crippen molar-refractivity contribution in [2.45, 2.75) is 57.0 Å². The summed E-state index contributed by atoms with van der Waals surface area (Å²) < 4.78 is 26.6. The molecule has 2 aliphatic heterocycles. The summed E-state index contributed by atoms with van der Waals surface area (Å²) in [6.07, 6.45) is 7.31. The van der Waals surface area contributed by atoms with Crippen LogP contribution in [0.5, 0.6) is 0 Å². The number of benzene rings is 2. The summed E-state index contributed by atoms with van der Waals surface area (Å²) in [6, 6.07) is 9.56. The number of piperidine rings is 2. The number of nitrogens with zero attached hydrogens (tertiary/aromatic N) is 2. The lowest BCUT2D eigenvalue weighted by atomic mass is 9.94. The molecule has 0 bridgehead atoms. The summed E-state index contributed by atoms with van der Waals surface area (Å²) in [6.45, 7) is 6.14. The maximum Gasteiger partial charge on any atom is 0.315 e. The zero-order chi connectivity index (χ0) is 26.2. The minimum Gasteiger partial charge on any atom is -0.338 e. The van der Waals surface area contributed by atoms with Crippen molar-refractivity contribution in [2.75, 3.05) is 39.3 Å². The van der Waals surface area contributed by atoms with Crippen molar-refractivity contribution in [3.05, 3.63) is 69.2 Å². The molecule has 2 N–H and O–H groups in total. The number of rotatable bonds is 9. The number of carbonyl (C=O) groups is 1. The van der Waals surface area contributed by atoms with Crippen molar-refractivity contribution in [1.29, 1.82) is 0 Å². The Hall–Kier alpha value is -1.93. The van der Waals surface area contributed by atoms with Crippen LogP contribution in [0.25, 0.3) is 0 Å². The molecule has 2 aromatic rings. The summed E-state index contributed by atoms with van der Waals surface area (Å²) in [4.78, 5) is 17.7. The maximum atomic E-state index is 13.4. The third-order valence-corrected chi connectivity index (χ3v) is 8.36. The monoisotopic (exact) mass is 552 g/mol.